The lowest BCUT2D eigenvalue weighted by Gasteiger charge is -2.14. The molecule has 1 aliphatic rings. The molecule has 0 radical (unpaired) electrons. The maximum atomic E-state index is 13.1. The zero-order valence-electron chi connectivity index (χ0n) is 17.0. The Labute approximate surface area is 186 Å². The number of carbonyl (C=O) groups is 1. The van der Waals surface area contributed by atoms with Gasteiger partial charge in [-0.05, 0) is 48.5 Å². The molecule has 1 N–H and O–H groups in total. The molecular weight excluding hydrogens is 457 g/mol. The molecule has 168 valence electrons. The fourth-order valence-corrected chi connectivity index (χ4v) is 5.21. The van der Waals surface area contributed by atoms with Crippen molar-refractivity contribution in [2.45, 2.75) is 11.1 Å². The number of halogens is 3. The third-order valence-electron chi connectivity index (χ3n) is 5.46. The first kappa shape index (κ1) is 21.0. The van der Waals surface area contributed by atoms with Crippen LogP contribution in [0.4, 0.5) is 24.5 Å². The molecule has 0 aliphatic carbocycles. The average molecular weight is 472 g/mol. The molecule has 0 atom stereocenters. The first-order valence-electron chi connectivity index (χ1n) is 9.66. The molecular formula is C22H15F3N4O3S. The van der Waals surface area contributed by atoms with Gasteiger partial charge in [-0.1, -0.05) is 12.1 Å². The number of carbonyl (C=O) groups excluding carboxylic acids is 1. The molecule has 7 nitrogen and oxygen atoms in total. The predicted molar refractivity (Wildman–Crippen MR) is 116 cm³/mol. The maximum Gasteiger partial charge on any atom is 0.433 e. The summed E-state index contributed by atoms with van der Waals surface area (Å²) >= 11 is 0. The van der Waals surface area contributed by atoms with Gasteiger partial charge >= 0.3 is 6.18 Å². The van der Waals surface area contributed by atoms with Gasteiger partial charge in [0, 0.05) is 29.1 Å². The molecule has 0 saturated heterocycles. The van der Waals surface area contributed by atoms with E-state index in [0.717, 1.165) is 16.9 Å². The second-order valence-corrected chi connectivity index (χ2v) is 9.10. The minimum absolute atomic E-state index is 0.0123. The average Bonchev–Trinajstić information content (AvgIpc) is 3.36. The van der Waals surface area contributed by atoms with Crippen molar-refractivity contribution in [3.63, 3.8) is 0 Å². The van der Waals surface area contributed by atoms with Crippen molar-refractivity contribution in [2.75, 3.05) is 16.7 Å². The third kappa shape index (κ3) is 3.32. The largest absolute Gasteiger partial charge is 0.433 e. The van der Waals surface area contributed by atoms with E-state index in [1.54, 1.807) is 31.3 Å². The molecule has 1 amide bonds. The van der Waals surface area contributed by atoms with E-state index in [1.807, 2.05) is 0 Å². The molecule has 2 heterocycles. The first-order valence-corrected chi connectivity index (χ1v) is 11.1. The number of sulfonamides is 1. The number of amides is 1. The fraction of sp³-hybridized carbons (Fsp3) is 0.0909. The van der Waals surface area contributed by atoms with Crippen molar-refractivity contribution >= 4 is 38.1 Å². The van der Waals surface area contributed by atoms with Crippen molar-refractivity contribution in [1.29, 1.82) is 0 Å². The van der Waals surface area contributed by atoms with Gasteiger partial charge in [-0.25, -0.2) is 13.1 Å². The Hall–Kier alpha value is -3.86. The lowest BCUT2D eigenvalue weighted by atomic mass is 10.1. The molecule has 0 spiro atoms. The first-order chi connectivity index (χ1) is 15.6. The van der Waals surface area contributed by atoms with Crippen LogP contribution in [0.3, 0.4) is 0 Å². The summed E-state index contributed by atoms with van der Waals surface area (Å²) in [6.07, 6.45) is -3.54. The Morgan fingerprint density at radius 1 is 0.970 bits per heavy atom. The standard InChI is InChI=1S/C22H15F3N4O3S/c1-28-17-9-10-18(15-3-2-4-16(20(15)17)21(28)30)33(31,32)27-13-5-7-14(8-6-13)29-19(11-12-26-29)22(23,24)25/h2-12,27H,1H3. The van der Waals surface area contributed by atoms with Gasteiger partial charge in [-0.15, -0.1) is 0 Å². The van der Waals surface area contributed by atoms with Crippen molar-refractivity contribution < 1.29 is 26.4 Å². The van der Waals surface area contributed by atoms with Crippen LogP contribution >= 0.6 is 0 Å². The van der Waals surface area contributed by atoms with Crippen LogP contribution in [0.2, 0.25) is 0 Å². The van der Waals surface area contributed by atoms with Crippen LogP contribution in [0.15, 0.2) is 71.8 Å². The number of nitrogens with zero attached hydrogens (tertiary/aromatic N) is 3. The summed E-state index contributed by atoms with van der Waals surface area (Å²) in [7, 11) is -2.44. The molecule has 3 aromatic carbocycles. The normalized spacial score (nSPS) is 13.7. The Balaban J connectivity index is 1.50. The van der Waals surface area contributed by atoms with E-state index in [2.05, 4.69) is 9.82 Å². The van der Waals surface area contributed by atoms with Gasteiger partial charge in [-0.3, -0.25) is 9.52 Å². The molecule has 1 aliphatic heterocycles. The molecule has 1 aromatic heterocycles. The van der Waals surface area contributed by atoms with Crippen molar-refractivity contribution in [2.24, 2.45) is 0 Å². The van der Waals surface area contributed by atoms with Gasteiger partial charge in [0.1, 0.15) is 5.69 Å². The lowest BCUT2D eigenvalue weighted by Crippen LogP contribution is -2.20. The molecule has 0 saturated carbocycles. The minimum Gasteiger partial charge on any atom is -0.311 e. The number of nitrogens with one attached hydrogen (secondary N) is 1. The lowest BCUT2D eigenvalue weighted by molar-refractivity contribution is -0.142. The van der Waals surface area contributed by atoms with Crippen LogP contribution in [-0.4, -0.2) is 31.2 Å². The van der Waals surface area contributed by atoms with Crippen LogP contribution in [-0.2, 0) is 16.2 Å². The molecule has 4 aromatic rings. The highest BCUT2D eigenvalue weighted by Crippen LogP contribution is 2.39. The van der Waals surface area contributed by atoms with Crippen molar-refractivity contribution in [3.8, 4) is 5.69 Å². The molecule has 0 fully saturated rings. The van der Waals surface area contributed by atoms with E-state index < -0.39 is 21.9 Å². The number of benzene rings is 3. The molecule has 33 heavy (non-hydrogen) atoms. The van der Waals surface area contributed by atoms with Gasteiger partial charge < -0.3 is 4.90 Å². The number of aromatic nitrogens is 2. The summed E-state index contributed by atoms with van der Waals surface area (Å²) in [5.41, 5.74) is 0.390. The molecule has 5 rings (SSSR count). The van der Waals surface area contributed by atoms with E-state index in [-0.39, 0.29) is 22.2 Å². The summed E-state index contributed by atoms with van der Waals surface area (Å²) < 4.78 is 68.8. The summed E-state index contributed by atoms with van der Waals surface area (Å²) in [4.78, 5) is 13.9. The number of anilines is 2. The van der Waals surface area contributed by atoms with Gasteiger partial charge in [0.2, 0.25) is 0 Å². The summed E-state index contributed by atoms with van der Waals surface area (Å²) in [6.45, 7) is 0. The fourth-order valence-electron chi connectivity index (χ4n) is 3.95. The number of hydrogen-bond acceptors (Lipinski definition) is 4. The van der Waals surface area contributed by atoms with Crippen LogP contribution in [0.5, 0.6) is 0 Å². The predicted octanol–water partition coefficient (Wildman–Crippen LogP) is 4.44. The minimum atomic E-state index is -4.58. The third-order valence-corrected chi connectivity index (χ3v) is 6.90. The zero-order valence-corrected chi connectivity index (χ0v) is 17.8. The van der Waals surface area contributed by atoms with Gasteiger partial charge in [0.25, 0.3) is 15.9 Å². The van der Waals surface area contributed by atoms with Crippen molar-refractivity contribution in [3.05, 3.63) is 78.1 Å². The highest BCUT2D eigenvalue weighted by molar-refractivity contribution is 7.93. The van der Waals surface area contributed by atoms with Crippen LogP contribution < -0.4 is 9.62 Å². The highest BCUT2D eigenvalue weighted by atomic mass is 32.2. The van der Waals surface area contributed by atoms with E-state index in [4.69, 9.17) is 0 Å². The van der Waals surface area contributed by atoms with Gasteiger partial charge in [0.05, 0.1) is 22.5 Å². The Kier molecular flexibility index (Phi) is 4.50. The topological polar surface area (TPSA) is 84.3 Å². The molecule has 0 unspecified atom stereocenters. The Morgan fingerprint density at radius 2 is 1.70 bits per heavy atom. The monoisotopic (exact) mass is 472 g/mol. The van der Waals surface area contributed by atoms with E-state index in [1.165, 1.54) is 35.2 Å². The number of alkyl halides is 3. The number of rotatable bonds is 4. The Morgan fingerprint density at radius 3 is 2.39 bits per heavy atom. The van der Waals surface area contributed by atoms with Crippen molar-refractivity contribution in [1.82, 2.24) is 9.78 Å². The molecule has 0 bridgehead atoms. The Bertz CT molecular complexity index is 1530. The van der Waals surface area contributed by atoms with Crippen LogP contribution in [0.1, 0.15) is 16.1 Å². The van der Waals surface area contributed by atoms with Crippen LogP contribution in [0, 0.1) is 0 Å². The SMILES string of the molecule is CN1C(=O)c2cccc3c(S(=O)(=O)Nc4ccc(-n5nccc5C(F)(F)F)cc4)ccc1c23. The van der Waals surface area contributed by atoms with Gasteiger partial charge in [0.15, 0.2) is 0 Å². The highest BCUT2D eigenvalue weighted by Gasteiger charge is 2.35. The quantitative estimate of drug-likeness (QED) is 0.476. The van der Waals surface area contributed by atoms with Gasteiger partial charge in [-0.2, -0.15) is 18.3 Å². The summed E-state index contributed by atoms with van der Waals surface area (Å²) in [6, 6.07) is 14.1. The summed E-state index contributed by atoms with van der Waals surface area (Å²) in [5.74, 6) is -0.217. The molecule has 11 heteroatoms. The van der Waals surface area contributed by atoms with E-state index >= 15 is 0 Å². The zero-order chi connectivity index (χ0) is 23.5. The maximum absolute atomic E-state index is 13.1. The van der Waals surface area contributed by atoms with E-state index in [9.17, 15) is 26.4 Å². The second kappa shape index (κ2) is 7.07. The van der Waals surface area contributed by atoms with E-state index in [0.29, 0.717) is 22.0 Å². The smallest absolute Gasteiger partial charge is 0.311 e. The second-order valence-electron chi connectivity index (χ2n) is 7.45. The summed E-state index contributed by atoms with van der Waals surface area (Å²) in [5, 5.41) is 4.66. The number of hydrogen-bond donors (Lipinski definition) is 1. The van der Waals surface area contributed by atoms with Crippen LogP contribution in [0.25, 0.3) is 16.5 Å².